The van der Waals surface area contributed by atoms with Gasteiger partial charge < -0.3 is 10.0 Å². The highest BCUT2D eigenvalue weighted by Gasteiger charge is 2.17. The Bertz CT molecular complexity index is 688. The van der Waals surface area contributed by atoms with Gasteiger partial charge in [0.05, 0.1) is 6.10 Å². The van der Waals surface area contributed by atoms with Gasteiger partial charge in [-0.05, 0) is 61.7 Å². The Hall–Kier alpha value is -1.90. The number of aliphatic hydroxyl groups is 1. The molecule has 0 aromatic heterocycles. The van der Waals surface area contributed by atoms with Gasteiger partial charge in [-0.15, -0.1) is 0 Å². The van der Waals surface area contributed by atoms with Gasteiger partial charge >= 0.3 is 0 Å². The molecule has 0 spiro atoms. The zero-order valence-electron chi connectivity index (χ0n) is 15.5. The molecule has 0 heterocycles. The van der Waals surface area contributed by atoms with Crippen molar-refractivity contribution in [2.75, 3.05) is 20.6 Å². The molecule has 0 bridgehead atoms. The van der Waals surface area contributed by atoms with Crippen LogP contribution >= 0.6 is 0 Å². The molecular weight excluding hydrogens is 294 g/mol. The second-order valence-corrected chi connectivity index (χ2v) is 6.98. The quantitative estimate of drug-likeness (QED) is 0.838. The highest BCUT2D eigenvalue weighted by Crippen LogP contribution is 2.29. The van der Waals surface area contributed by atoms with E-state index in [2.05, 4.69) is 67.3 Å². The van der Waals surface area contributed by atoms with Crippen molar-refractivity contribution in [2.24, 2.45) is 5.92 Å². The van der Waals surface area contributed by atoms with E-state index in [1.165, 1.54) is 16.7 Å². The van der Waals surface area contributed by atoms with Crippen LogP contribution in [0.15, 0.2) is 54.1 Å². The summed E-state index contributed by atoms with van der Waals surface area (Å²) in [5, 5.41) is 10.6. The van der Waals surface area contributed by atoms with Crippen molar-refractivity contribution in [1.29, 1.82) is 0 Å². The van der Waals surface area contributed by atoms with Crippen LogP contribution in [0.1, 0.15) is 25.0 Å². The van der Waals surface area contributed by atoms with Crippen molar-refractivity contribution in [1.82, 2.24) is 4.90 Å². The largest absolute Gasteiger partial charge is 0.388 e. The first-order valence-electron chi connectivity index (χ1n) is 8.56. The Morgan fingerprint density at radius 1 is 1.08 bits per heavy atom. The second kappa shape index (κ2) is 8.27. The number of aliphatic hydroxyl groups excluding tert-OH is 1. The topological polar surface area (TPSA) is 23.5 Å². The van der Waals surface area contributed by atoms with Gasteiger partial charge in [-0.1, -0.05) is 61.5 Å². The molecule has 128 valence electrons. The van der Waals surface area contributed by atoms with E-state index in [1.54, 1.807) is 0 Å². The predicted molar refractivity (Wildman–Crippen MR) is 104 cm³/mol. The van der Waals surface area contributed by atoms with Gasteiger partial charge in [-0.3, -0.25) is 0 Å². The zero-order valence-corrected chi connectivity index (χ0v) is 15.5. The number of rotatable bonds is 6. The van der Waals surface area contributed by atoms with Crippen LogP contribution in [0.4, 0.5) is 0 Å². The fourth-order valence-corrected chi connectivity index (χ4v) is 3.27. The zero-order chi connectivity index (χ0) is 17.7. The SMILES string of the molecule is C/C(=C\c1cccc(C)c1-c1ccccc1)C(O)C(C)CN(C)C. The molecule has 2 aromatic rings. The summed E-state index contributed by atoms with van der Waals surface area (Å²) >= 11 is 0. The average Bonchev–Trinajstić information content (AvgIpc) is 2.54. The molecule has 0 saturated heterocycles. The van der Waals surface area contributed by atoms with Crippen molar-refractivity contribution in [3.63, 3.8) is 0 Å². The van der Waals surface area contributed by atoms with Crippen molar-refractivity contribution in [3.8, 4) is 11.1 Å². The van der Waals surface area contributed by atoms with Crippen LogP contribution in [0.5, 0.6) is 0 Å². The van der Waals surface area contributed by atoms with Crippen LogP contribution < -0.4 is 0 Å². The molecule has 1 N–H and O–H groups in total. The Labute approximate surface area is 146 Å². The monoisotopic (exact) mass is 323 g/mol. The fourth-order valence-electron chi connectivity index (χ4n) is 3.27. The molecule has 2 atom stereocenters. The lowest BCUT2D eigenvalue weighted by Gasteiger charge is -2.23. The summed E-state index contributed by atoms with van der Waals surface area (Å²) in [4.78, 5) is 2.11. The van der Waals surface area contributed by atoms with Crippen LogP contribution in [0.25, 0.3) is 17.2 Å². The third-order valence-corrected chi connectivity index (χ3v) is 4.41. The Morgan fingerprint density at radius 2 is 1.75 bits per heavy atom. The second-order valence-electron chi connectivity index (χ2n) is 6.98. The van der Waals surface area contributed by atoms with E-state index >= 15 is 0 Å². The molecule has 24 heavy (non-hydrogen) atoms. The summed E-state index contributed by atoms with van der Waals surface area (Å²) in [6, 6.07) is 16.8. The molecule has 0 amide bonds. The molecule has 0 radical (unpaired) electrons. The van der Waals surface area contributed by atoms with Gasteiger partial charge in [-0.25, -0.2) is 0 Å². The molecule has 0 aliphatic heterocycles. The Balaban J connectivity index is 2.37. The fraction of sp³-hybridized carbons (Fsp3) is 0.364. The van der Waals surface area contributed by atoms with E-state index in [-0.39, 0.29) is 5.92 Å². The normalized spacial score (nSPS) is 14.7. The minimum atomic E-state index is -0.434. The molecule has 0 aliphatic carbocycles. The molecule has 0 aliphatic rings. The van der Waals surface area contributed by atoms with Gasteiger partial charge in [0.1, 0.15) is 0 Å². The smallest absolute Gasteiger partial charge is 0.0788 e. The average molecular weight is 323 g/mol. The maximum Gasteiger partial charge on any atom is 0.0788 e. The summed E-state index contributed by atoms with van der Waals surface area (Å²) < 4.78 is 0. The lowest BCUT2D eigenvalue weighted by Crippen LogP contribution is -2.29. The van der Waals surface area contributed by atoms with Crippen molar-refractivity contribution >= 4 is 6.08 Å². The maximum atomic E-state index is 10.6. The van der Waals surface area contributed by atoms with Crippen LogP contribution in [-0.4, -0.2) is 36.8 Å². The van der Waals surface area contributed by atoms with Gasteiger partial charge in [-0.2, -0.15) is 0 Å². The first kappa shape index (κ1) is 18.4. The first-order valence-corrected chi connectivity index (χ1v) is 8.56. The van der Waals surface area contributed by atoms with Gasteiger partial charge in [0.2, 0.25) is 0 Å². The lowest BCUT2D eigenvalue weighted by atomic mass is 9.91. The lowest BCUT2D eigenvalue weighted by molar-refractivity contribution is 0.131. The first-order chi connectivity index (χ1) is 11.4. The van der Waals surface area contributed by atoms with E-state index in [1.807, 2.05) is 27.1 Å². The highest BCUT2D eigenvalue weighted by molar-refractivity contribution is 5.78. The number of hydrogen-bond donors (Lipinski definition) is 1. The summed E-state index contributed by atoms with van der Waals surface area (Å²) in [5.41, 5.74) is 5.87. The van der Waals surface area contributed by atoms with Crippen LogP contribution in [0.3, 0.4) is 0 Å². The number of aryl methyl sites for hydroxylation is 1. The third-order valence-electron chi connectivity index (χ3n) is 4.41. The van der Waals surface area contributed by atoms with E-state index in [4.69, 9.17) is 0 Å². The van der Waals surface area contributed by atoms with Crippen molar-refractivity contribution < 1.29 is 5.11 Å². The van der Waals surface area contributed by atoms with E-state index in [0.29, 0.717) is 0 Å². The molecular formula is C22H29NO. The summed E-state index contributed by atoms with van der Waals surface area (Å²) in [6.07, 6.45) is 1.70. The molecule has 2 aromatic carbocycles. The summed E-state index contributed by atoms with van der Waals surface area (Å²) in [6.45, 7) is 7.12. The maximum absolute atomic E-state index is 10.6. The predicted octanol–water partition coefficient (Wildman–Crippen LogP) is 4.62. The molecule has 0 saturated carbocycles. The van der Waals surface area contributed by atoms with Gasteiger partial charge in [0.25, 0.3) is 0 Å². The van der Waals surface area contributed by atoms with E-state index < -0.39 is 6.10 Å². The Morgan fingerprint density at radius 3 is 2.38 bits per heavy atom. The number of benzene rings is 2. The van der Waals surface area contributed by atoms with Crippen LogP contribution in [-0.2, 0) is 0 Å². The minimum Gasteiger partial charge on any atom is -0.388 e. The van der Waals surface area contributed by atoms with Gasteiger partial charge in [0.15, 0.2) is 0 Å². The van der Waals surface area contributed by atoms with E-state index in [0.717, 1.165) is 17.7 Å². The number of nitrogens with zero attached hydrogens (tertiary/aromatic N) is 1. The minimum absolute atomic E-state index is 0.196. The summed E-state index contributed by atoms with van der Waals surface area (Å²) in [7, 11) is 4.08. The molecule has 2 heteroatoms. The van der Waals surface area contributed by atoms with Crippen LogP contribution in [0.2, 0.25) is 0 Å². The van der Waals surface area contributed by atoms with Crippen LogP contribution in [0, 0.1) is 12.8 Å². The standard InChI is InChI=1S/C22H29NO/c1-16-10-9-13-20(21(16)19-11-7-6-8-12-19)14-17(2)22(24)18(3)15-23(4)5/h6-14,18,22,24H,15H2,1-5H3/b17-14+. The Kier molecular flexibility index (Phi) is 6.36. The van der Waals surface area contributed by atoms with Crippen molar-refractivity contribution in [3.05, 3.63) is 65.2 Å². The van der Waals surface area contributed by atoms with Crippen molar-refractivity contribution in [2.45, 2.75) is 26.9 Å². The molecule has 2 unspecified atom stereocenters. The third kappa shape index (κ3) is 4.56. The highest BCUT2D eigenvalue weighted by atomic mass is 16.3. The van der Waals surface area contributed by atoms with E-state index in [9.17, 15) is 5.11 Å². The summed E-state index contributed by atoms with van der Waals surface area (Å²) in [5.74, 6) is 0.196. The van der Waals surface area contributed by atoms with Gasteiger partial charge in [0, 0.05) is 6.54 Å². The number of hydrogen-bond acceptors (Lipinski definition) is 2. The molecule has 0 fully saturated rings. The molecule has 2 rings (SSSR count). The molecule has 2 nitrogen and oxygen atoms in total.